The Morgan fingerprint density at radius 3 is 2.55 bits per heavy atom. The molecule has 1 aliphatic rings. The maximum Gasteiger partial charge on any atom is 0.391 e. The number of likely N-dealkylation sites (N-methyl/N-ethyl adjacent to an activating group) is 1. The summed E-state index contributed by atoms with van der Waals surface area (Å²) in [5, 5.41) is 6.44. The molecule has 1 saturated carbocycles. The van der Waals surface area contributed by atoms with Crippen LogP contribution in [0.25, 0.3) is 0 Å². The normalized spacial score (nSPS) is 25.6. The molecule has 20 heavy (non-hydrogen) atoms. The number of halogens is 3. The van der Waals surface area contributed by atoms with Crippen molar-refractivity contribution in [2.45, 2.75) is 51.2 Å². The summed E-state index contributed by atoms with van der Waals surface area (Å²) < 4.78 is 38.1. The van der Waals surface area contributed by atoms with Crippen LogP contribution < -0.4 is 5.32 Å². The van der Waals surface area contributed by atoms with Gasteiger partial charge in [0.1, 0.15) is 0 Å². The van der Waals surface area contributed by atoms with Crippen LogP contribution in [-0.2, 0) is 6.42 Å². The van der Waals surface area contributed by atoms with Gasteiger partial charge >= 0.3 is 6.18 Å². The molecule has 0 aliphatic heterocycles. The van der Waals surface area contributed by atoms with Crippen LogP contribution in [-0.4, -0.2) is 23.7 Å². The predicted molar refractivity (Wildman–Crippen MR) is 74.8 cm³/mol. The van der Waals surface area contributed by atoms with Gasteiger partial charge in [0.2, 0.25) is 0 Å². The highest BCUT2D eigenvalue weighted by Gasteiger charge is 2.42. The summed E-state index contributed by atoms with van der Waals surface area (Å²) in [7, 11) is 0. The first kappa shape index (κ1) is 15.8. The lowest BCUT2D eigenvalue weighted by molar-refractivity contribution is -0.184. The smallest absolute Gasteiger partial charge is 0.314 e. The van der Waals surface area contributed by atoms with Crippen molar-refractivity contribution in [2.75, 3.05) is 6.54 Å². The van der Waals surface area contributed by atoms with E-state index in [0.717, 1.165) is 18.0 Å². The molecule has 1 heterocycles. The number of nitrogens with one attached hydrogen (secondary N) is 1. The molecule has 1 atom stereocenters. The number of rotatable bonds is 5. The molecular formula is C14H21F3N2S. The first-order chi connectivity index (χ1) is 9.50. The van der Waals surface area contributed by atoms with E-state index in [0.29, 0.717) is 18.8 Å². The molecule has 2 rings (SSSR count). The third-order valence-electron chi connectivity index (χ3n) is 4.15. The largest absolute Gasteiger partial charge is 0.391 e. The Bertz CT molecular complexity index is 384. The van der Waals surface area contributed by atoms with Gasteiger partial charge in [0.25, 0.3) is 0 Å². The van der Waals surface area contributed by atoms with E-state index >= 15 is 0 Å². The van der Waals surface area contributed by atoms with Crippen LogP contribution in [0.3, 0.4) is 0 Å². The lowest BCUT2D eigenvalue weighted by atomic mass is 9.77. The molecule has 0 saturated heterocycles. The minimum Gasteiger partial charge on any atom is -0.314 e. The van der Waals surface area contributed by atoms with Gasteiger partial charge in [-0.3, -0.25) is 0 Å². The summed E-state index contributed by atoms with van der Waals surface area (Å²) in [6.45, 7) is 2.88. The van der Waals surface area contributed by atoms with Crippen LogP contribution in [0.5, 0.6) is 0 Å². The number of hydrogen-bond acceptors (Lipinski definition) is 3. The Hall–Kier alpha value is -0.620. The molecule has 1 fully saturated rings. The second-order valence-corrected chi connectivity index (χ2v) is 6.43. The molecule has 114 valence electrons. The van der Waals surface area contributed by atoms with Gasteiger partial charge < -0.3 is 5.32 Å². The molecule has 2 nitrogen and oxygen atoms in total. The third-order valence-corrected chi connectivity index (χ3v) is 4.95. The van der Waals surface area contributed by atoms with E-state index in [2.05, 4.69) is 10.3 Å². The van der Waals surface area contributed by atoms with E-state index in [1.165, 1.54) is 0 Å². The van der Waals surface area contributed by atoms with Crippen LogP contribution >= 0.6 is 11.3 Å². The van der Waals surface area contributed by atoms with Crippen LogP contribution in [0.2, 0.25) is 0 Å². The number of aromatic nitrogens is 1. The summed E-state index contributed by atoms with van der Waals surface area (Å²) >= 11 is 1.61. The number of hydrogen-bond donors (Lipinski definition) is 1. The molecule has 0 bridgehead atoms. The monoisotopic (exact) mass is 306 g/mol. The summed E-state index contributed by atoms with van der Waals surface area (Å²) in [4.78, 5) is 4.29. The van der Waals surface area contributed by atoms with Gasteiger partial charge in [-0.1, -0.05) is 6.92 Å². The average molecular weight is 306 g/mol. The van der Waals surface area contributed by atoms with Gasteiger partial charge in [-0.2, -0.15) is 13.2 Å². The molecule has 0 aromatic carbocycles. The number of nitrogens with zero attached hydrogens (tertiary/aromatic N) is 1. The van der Waals surface area contributed by atoms with Crippen molar-refractivity contribution in [2.24, 2.45) is 11.8 Å². The highest BCUT2D eigenvalue weighted by atomic mass is 32.1. The van der Waals surface area contributed by atoms with E-state index in [4.69, 9.17) is 0 Å². The molecule has 1 unspecified atom stereocenters. The molecule has 1 aromatic rings. The molecule has 1 N–H and O–H groups in total. The summed E-state index contributed by atoms with van der Waals surface area (Å²) in [6, 6.07) is 0.250. The van der Waals surface area contributed by atoms with Crippen molar-refractivity contribution in [3.8, 4) is 0 Å². The maximum absolute atomic E-state index is 12.7. The fourth-order valence-electron chi connectivity index (χ4n) is 3.06. The lowest BCUT2D eigenvalue weighted by Crippen LogP contribution is -2.41. The van der Waals surface area contributed by atoms with Crippen molar-refractivity contribution >= 4 is 11.3 Å². The van der Waals surface area contributed by atoms with E-state index in [1.807, 2.05) is 12.3 Å². The van der Waals surface area contributed by atoms with Gasteiger partial charge in [0, 0.05) is 24.0 Å². The van der Waals surface area contributed by atoms with Gasteiger partial charge in [-0.15, -0.1) is 11.3 Å². The Morgan fingerprint density at radius 2 is 2.05 bits per heavy atom. The van der Waals surface area contributed by atoms with E-state index in [1.54, 1.807) is 17.5 Å². The standard InChI is InChI=1S/C14H21F3N2S/c1-2-18-12(9-13-19-7-8-20-13)10-3-5-11(6-4-10)14(15,16)17/h7-8,10-12,18H,2-6,9H2,1H3. The Kier molecular flexibility index (Phi) is 5.43. The summed E-state index contributed by atoms with van der Waals surface area (Å²) in [6.07, 6.45) is 0.451. The molecule has 6 heteroatoms. The van der Waals surface area contributed by atoms with Gasteiger partial charge in [-0.05, 0) is 38.1 Å². The van der Waals surface area contributed by atoms with Crippen molar-refractivity contribution < 1.29 is 13.2 Å². The van der Waals surface area contributed by atoms with Gasteiger partial charge in [0.05, 0.1) is 10.9 Å². The molecular weight excluding hydrogens is 285 g/mol. The minimum atomic E-state index is -4.02. The quantitative estimate of drug-likeness (QED) is 0.888. The van der Waals surface area contributed by atoms with Crippen molar-refractivity contribution in [3.63, 3.8) is 0 Å². The van der Waals surface area contributed by atoms with Crippen LogP contribution in [0.1, 0.15) is 37.6 Å². The molecule has 0 amide bonds. The minimum absolute atomic E-state index is 0.250. The predicted octanol–water partition coefficient (Wildman–Crippen LogP) is 4.03. The summed E-state index contributed by atoms with van der Waals surface area (Å²) in [5.74, 6) is -0.765. The van der Waals surface area contributed by atoms with Crippen LogP contribution in [0.15, 0.2) is 11.6 Å². The zero-order valence-electron chi connectivity index (χ0n) is 11.6. The molecule has 0 spiro atoms. The maximum atomic E-state index is 12.7. The van der Waals surface area contributed by atoms with E-state index in [9.17, 15) is 13.2 Å². The van der Waals surface area contributed by atoms with E-state index < -0.39 is 12.1 Å². The van der Waals surface area contributed by atoms with E-state index in [-0.39, 0.29) is 18.9 Å². The third kappa shape index (κ3) is 4.19. The first-order valence-corrected chi connectivity index (χ1v) is 8.07. The highest BCUT2D eigenvalue weighted by Crippen LogP contribution is 2.40. The molecule has 1 aromatic heterocycles. The van der Waals surface area contributed by atoms with Crippen molar-refractivity contribution in [1.29, 1.82) is 0 Å². The zero-order valence-corrected chi connectivity index (χ0v) is 12.4. The molecule has 1 aliphatic carbocycles. The number of thiazole rings is 1. The van der Waals surface area contributed by atoms with Crippen molar-refractivity contribution in [3.05, 3.63) is 16.6 Å². The van der Waals surface area contributed by atoms with Gasteiger partial charge in [0.15, 0.2) is 0 Å². The zero-order chi connectivity index (χ0) is 14.6. The van der Waals surface area contributed by atoms with Gasteiger partial charge in [-0.25, -0.2) is 4.98 Å². The van der Waals surface area contributed by atoms with Crippen LogP contribution in [0.4, 0.5) is 13.2 Å². The first-order valence-electron chi connectivity index (χ1n) is 7.19. The second-order valence-electron chi connectivity index (χ2n) is 5.45. The topological polar surface area (TPSA) is 24.9 Å². The highest BCUT2D eigenvalue weighted by molar-refractivity contribution is 7.09. The van der Waals surface area contributed by atoms with Crippen molar-refractivity contribution in [1.82, 2.24) is 10.3 Å². The lowest BCUT2D eigenvalue weighted by Gasteiger charge is -2.34. The number of alkyl halides is 3. The average Bonchev–Trinajstić information content (AvgIpc) is 2.90. The fraction of sp³-hybridized carbons (Fsp3) is 0.786. The Morgan fingerprint density at radius 1 is 1.35 bits per heavy atom. The SMILES string of the molecule is CCNC(Cc1nccs1)C1CCC(C(F)(F)F)CC1. The van der Waals surface area contributed by atoms with Crippen LogP contribution in [0, 0.1) is 11.8 Å². The second kappa shape index (κ2) is 6.89. The molecule has 0 radical (unpaired) electrons. The fourth-order valence-corrected chi connectivity index (χ4v) is 3.73. The Labute approximate surface area is 121 Å². The Balaban J connectivity index is 1.91. The summed E-state index contributed by atoms with van der Waals surface area (Å²) in [5.41, 5.74) is 0.